The molecule has 4 rings (SSSR count). The Labute approximate surface area is 197 Å². The molecule has 3 aromatic rings. The van der Waals surface area contributed by atoms with Crippen LogP contribution in [-0.4, -0.2) is 35.3 Å². The number of halogens is 2. The Hall–Kier alpha value is -2.83. The van der Waals surface area contributed by atoms with Crippen LogP contribution in [0.15, 0.2) is 54.6 Å². The van der Waals surface area contributed by atoms with Crippen LogP contribution < -0.4 is 15.0 Å². The number of ether oxygens (including phenoxy) is 1. The van der Waals surface area contributed by atoms with Crippen LogP contribution in [-0.2, 0) is 4.79 Å². The molecule has 1 aromatic heterocycles. The average molecular weight is 471 g/mol. The first-order chi connectivity index (χ1) is 15.5. The molecule has 1 fully saturated rings. The first-order valence-electron chi connectivity index (χ1n) is 10.6. The minimum atomic E-state index is -0.735. The van der Waals surface area contributed by atoms with E-state index in [0.29, 0.717) is 21.5 Å². The van der Waals surface area contributed by atoms with E-state index in [1.807, 2.05) is 36.4 Å². The van der Waals surface area contributed by atoms with Gasteiger partial charge in [0.15, 0.2) is 11.9 Å². The van der Waals surface area contributed by atoms with E-state index < -0.39 is 6.10 Å². The number of carbonyl (C=O) groups excluding carboxylic acids is 1. The van der Waals surface area contributed by atoms with Crippen molar-refractivity contribution < 1.29 is 9.53 Å². The SMILES string of the molecule is CC(Oc1ccc(Cl)cc1Cl)C(=O)Nc1ccc(-c2ccc(N3CCCCC3)nn2)cc1. The quantitative estimate of drug-likeness (QED) is 0.489. The third-order valence-corrected chi connectivity index (χ3v) is 5.88. The lowest BCUT2D eigenvalue weighted by atomic mass is 10.1. The first kappa shape index (κ1) is 22.4. The highest BCUT2D eigenvalue weighted by Gasteiger charge is 2.17. The lowest BCUT2D eigenvalue weighted by Crippen LogP contribution is -2.30. The monoisotopic (exact) mass is 470 g/mol. The molecule has 8 heteroatoms. The molecular weight excluding hydrogens is 447 g/mol. The molecule has 1 atom stereocenters. The molecule has 0 radical (unpaired) electrons. The fourth-order valence-electron chi connectivity index (χ4n) is 3.55. The van der Waals surface area contributed by atoms with Crippen LogP contribution in [0, 0.1) is 0 Å². The molecule has 1 aliphatic rings. The Bertz CT molecular complexity index is 1070. The van der Waals surface area contributed by atoms with E-state index >= 15 is 0 Å². The second-order valence-corrected chi connectivity index (χ2v) is 8.57. The predicted molar refractivity (Wildman–Crippen MR) is 129 cm³/mol. The van der Waals surface area contributed by atoms with Crippen molar-refractivity contribution in [2.75, 3.05) is 23.3 Å². The van der Waals surface area contributed by atoms with Gasteiger partial charge in [-0.15, -0.1) is 10.2 Å². The van der Waals surface area contributed by atoms with Crippen LogP contribution in [0.5, 0.6) is 5.75 Å². The van der Waals surface area contributed by atoms with E-state index in [1.165, 1.54) is 19.3 Å². The molecule has 32 heavy (non-hydrogen) atoms. The summed E-state index contributed by atoms with van der Waals surface area (Å²) in [5.74, 6) is 1.04. The minimum absolute atomic E-state index is 0.283. The standard InChI is InChI=1S/C24H24Cl2N4O2/c1-16(32-22-11-7-18(25)15-20(22)26)24(31)27-19-8-5-17(6-9-19)21-10-12-23(29-28-21)30-13-3-2-4-14-30/h5-12,15-16H,2-4,13-14H2,1H3,(H,27,31). The van der Waals surface area contributed by atoms with Crippen LogP contribution >= 0.6 is 23.2 Å². The Morgan fingerprint density at radius 1 is 1.00 bits per heavy atom. The van der Waals surface area contributed by atoms with Crippen LogP contribution in [0.1, 0.15) is 26.2 Å². The normalized spacial score (nSPS) is 14.7. The number of rotatable bonds is 6. The zero-order valence-electron chi connectivity index (χ0n) is 17.7. The molecule has 2 aromatic carbocycles. The van der Waals surface area contributed by atoms with Crippen molar-refractivity contribution in [3.05, 3.63) is 64.6 Å². The minimum Gasteiger partial charge on any atom is -0.479 e. The van der Waals surface area contributed by atoms with E-state index in [2.05, 4.69) is 20.4 Å². The van der Waals surface area contributed by atoms with E-state index in [0.717, 1.165) is 30.2 Å². The lowest BCUT2D eigenvalue weighted by molar-refractivity contribution is -0.122. The summed E-state index contributed by atoms with van der Waals surface area (Å²) in [6.07, 6.45) is 2.95. The Balaban J connectivity index is 1.36. The number of piperidine rings is 1. The van der Waals surface area contributed by atoms with Crippen molar-refractivity contribution >= 4 is 40.6 Å². The van der Waals surface area contributed by atoms with Gasteiger partial charge in [-0.25, -0.2) is 0 Å². The van der Waals surface area contributed by atoms with E-state index in [4.69, 9.17) is 27.9 Å². The summed E-state index contributed by atoms with van der Waals surface area (Å²) in [7, 11) is 0. The number of nitrogens with one attached hydrogen (secondary N) is 1. The van der Waals surface area contributed by atoms with Gasteiger partial charge in [-0.05, 0) is 68.7 Å². The summed E-state index contributed by atoms with van der Waals surface area (Å²) in [5, 5.41) is 12.5. The third kappa shape index (κ3) is 5.50. The van der Waals surface area contributed by atoms with Crippen molar-refractivity contribution in [2.45, 2.75) is 32.3 Å². The van der Waals surface area contributed by atoms with E-state index in [1.54, 1.807) is 25.1 Å². The summed E-state index contributed by atoms with van der Waals surface area (Å²) in [5.41, 5.74) is 2.38. The van der Waals surface area contributed by atoms with Crippen molar-refractivity contribution in [2.24, 2.45) is 0 Å². The number of amides is 1. The van der Waals surface area contributed by atoms with Gasteiger partial charge in [-0.2, -0.15) is 0 Å². The summed E-state index contributed by atoms with van der Waals surface area (Å²) in [4.78, 5) is 14.8. The molecule has 0 saturated carbocycles. The van der Waals surface area contributed by atoms with Gasteiger partial charge >= 0.3 is 0 Å². The van der Waals surface area contributed by atoms with Crippen molar-refractivity contribution in [1.29, 1.82) is 0 Å². The highest BCUT2D eigenvalue weighted by atomic mass is 35.5. The fraction of sp³-hybridized carbons (Fsp3) is 0.292. The van der Waals surface area contributed by atoms with Crippen LogP contribution in [0.3, 0.4) is 0 Å². The van der Waals surface area contributed by atoms with E-state index in [-0.39, 0.29) is 5.91 Å². The van der Waals surface area contributed by atoms with Gasteiger partial charge in [0.25, 0.3) is 5.91 Å². The molecule has 0 spiro atoms. The second kappa shape index (κ2) is 10.2. The summed E-state index contributed by atoms with van der Waals surface area (Å²) >= 11 is 12.0. The van der Waals surface area contributed by atoms with Gasteiger partial charge in [-0.1, -0.05) is 35.3 Å². The van der Waals surface area contributed by atoms with Gasteiger partial charge in [0.1, 0.15) is 5.75 Å². The maximum absolute atomic E-state index is 12.5. The average Bonchev–Trinajstić information content (AvgIpc) is 2.82. The van der Waals surface area contributed by atoms with Gasteiger partial charge in [0.2, 0.25) is 0 Å². The molecule has 1 saturated heterocycles. The molecule has 1 aliphatic heterocycles. The maximum Gasteiger partial charge on any atom is 0.265 e. The molecule has 0 aliphatic carbocycles. The van der Waals surface area contributed by atoms with Gasteiger partial charge in [-0.3, -0.25) is 4.79 Å². The Morgan fingerprint density at radius 3 is 2.41 bits per heavy atom. The number of hydrogen-bond donors (Lipinski definition) is 1. The number of hydrogen-bond acceptors (Lipinski definition) is 5. The van der Waals surface area contributed by atoms with Crippen molar-refractivity contribution in [3.8, 4) is 17.0 Å². The van der Waals surface area contributed by atoms with Gasteiger partial charge < -0.3 is 15.0 Å². The van der Waals surface area contributed by atoms with Gasteiger partial charge in [0.05, 0.1) is 10.7 Å². The largest absolute Gasteiger partial charge is 0.479 e. The highest BCUT2D eigenvalue weighted by Crippen LogP contribution is 2.28. The number of nitrogens with zero attached hydrogens (tertiary/aromatic N) is 3. The third-order valence-electron chi connectivity index (χ3n) is 5.35. The lowest BCUT2D eigenvalue weighted by Gasteiger charge is -2.27. The van der Waals surface area contributed by atoms with Crippen LogP contribution in [0.2, 0.25) is 10.0 Å². The smallest absolute Gasteiger partial charge is 0.265 e. The zero-order chi connectivity index (χ0) is 22.5. The molecule has 1 amide bonds. The first-order valence-corrected chi connectivity index (χ1v) is 11.4. The van der Waals surface area contributed by atoms with Crippen LogP contribution in [0.4, 0.5) is 11.5 Å². The fourth-order valence-corrected chi connectivity index (χ4v) is 4.01. The topological polar surface area (TPSA) is 67.3 Å². The highest BCUT2D eigenvalue weighted by molar-refractivity contribution is 6.35. The summed E-state index contributed by atoms with van der Waals surface area (Å²) < 4.78 is 5.66. The van der Waals surface area contributed by atoms with Crippen molar-refractivity contribution in [1.82, 2.24) is 10.2 Å². The molecule has 6 nitrogen and oxygen atoms in total. The molecule has 2 heterocycles. The Kier molecular flexibility index (Phi) is 7.12. The summed E-state index contributed by atoms with van der Waals surface area (Å²) in [6.45, 7) is 3.73. The predicted octanol–water partition coefficient (Wildman–Crippen LogP) is 5.85. The van der Waals surface area contributed by atoms with E-state index in [9.17, 15) is 4.79 Å². The van der Waals surface area contributed by atoms with Gasteiger partial charge in [0, 0.05) is 29.4 Å². The number of anilines is 2. The molecule has 1 N–H and O–H groups in total. The molecule has 1 unspecified atom stereocenters. The molecule has 0 bridgehead atoms. The summed E-state index contributed by atoms with van der Waals surface area (Å²) in [6, 6.07) is 16.3. The number of benzene rings is 2. The second-order valence-electron chi connectivity index (χ2n) is 7.73. The number of aromatic nitrogens is 2. The maximum atomic E-state index is 12.5. The Morgan fingerprint density at radius 2 is 1.75 bits per heavy atom. The van der Waals surface area contributed by atoms with Crippen LogP contribution in [0.25, 0.3) is 11.3 Å². The zero-order valence-corrected chi connectivity index (χ0v) is 19.2. The molecular formula is C24H24Cl2N4O2. The number of carbonyl (C=O) groups is 1. The van der Waals surface area contributed by atoms with Crippen molar-refractivity contribution in [3.63, 3.8) is 0 Å². The molecule has 166 valence electrons.